The molecule has 0 saturated carbocycles. The highest BCUT2D eigenvalue weighted by atomic mass is 79.9. The first-order valence-electron chi connectivity index (χ1n) is 8.10. The molecule has 152 valence electrons. The van der Waals surface area contributed by atoms with E-state index in [-0.39, 0.29) is 29.2 Å². The van der Waals surface area contributed by atoms with Gasteiger partial charge < -0.3 is 14.5 Å². The second kappa shape index (κ2) is 9.31. The van der Waals surface area contributed by atoms with Crippen molar-refractivity contribution < 1.29 is 27.1 Å². The molecule has 1 aromatic heterocycles. The summed E-state index contributed by atoms with van der Waals surface area (Å²) in [5.41, 5.74) is -0.783. The molecule has 0 aliphatic rings. The Balaban J connectivity index is 1.48. The summed E-state index contributed by atoms with van der Waals surface area (Å²) in [7, 11) is 0. The summed E-state index contributed by atoms with van der Waals surface area (Å²) in [6.45, 7) is 0.0611. The number of carbonyl (C=O) groups is 1. The van der Waals surface area contributed by atoms with Crippen LogP contribution in [0.2, 0.25) is 0 Å². The first-order valence-corrected chi connectivity index (χ1v) is 9.88. The molecule has 29 heavy (non-hydrogen) atoms. The predicted molar refractivity (Wildman–Crippen MR) is 104 cm³/mol. The molecule has 3 aromatic rings. The number of nitrogens with one attached hydrogen (secondary N) is 1. The zero-order valence-electron chi connectivity index (χ0n) is 14.6. The molecule has 0 atom stereocenters. The van der Waals surface area contributed by atoms with E-state index in [0.717, 1.165) is 28.4 Å². The van der Waals surface area contributed by atoms with Gasteiger partial charge in [-0.15, -0.1) is 10.2 Å². The molecule has 0 aliphatic heterocycles. The minimum Gasteiger partial charge on any atom is -0.484 e. The van der Waals surface area contributed by atoms with Crippen molar-refractivity contribution in [3.8, 4) is 5.75 Å². The van der Waals surface area contributed by atoms with Crippen molar-refractivity contribution in [3.05, 3.63) is 64.5 Å². The Morgan fingerprint density at radius 3 is 2.66 bits per heavy atom. The Kier molecular flexibility index (Phi) is 6.80. The number of thioether (sulfide) groups is 1. The quantitative estimate of drug-likeness (QED) is 0.463. The molecule has 1 amide bonds. The molecule has 1 heterocycles. The topological polar surface area (TPSA) is 77.2 Å². The van der Waals surface area contributed by atoms with Crippen molar-refractivity contribution >= 4 is 39.3 Å². The second-order valence-corrected chi connectivity index (χ2v) is 7.46. The maximum Gasteiger partial charge on any atom is 0.416 e. The van der Waals surface area contributed by atoms with Crippen LogP contribution in [0.5, 0.6) is 5.75 Å². The van der Waals surface area contributed by atoms with Crippen LogP contribution in [-0.4, -0.2) is 21.9 Å². The molecule has 0 radical (unpaired) electrons. The largest absolute Gasteiger partial charge is 0.484 e. The van der Waals surface area contributed by atoms with Crippen molar-refractivity contribution in [3.63, 3.8) is 0 Å². The average molecular weight is 488 g/mol. The molecule has 0 saturated heterocycles. The van der Waals surface area contributed by atoms with Gasteiger partial charge >= 0.3 is 6.18 Å². The molecule has 0 spiro atoms. The lowest BCUT2D eigenvalue weighted by Gasteiger charge is -2.09. The summed E-state index contributed by atoms with van der Waals surface area (Å²) in [6, 6.07) is 11.6. The van der Waals surface area contributed by atoms with Gasteiger partial charge in [-0.05, 0) is 42.5 Å². The first kappa shape index (κ1) is 21.2. The fourth-order valence-corrected chi connectivity index (χ4v) is 2.97. The minimum absolute atomic E-state index is 0.0551. The van der Waals surface area contributed by atoms with Gasteiger partial charge in [0, 0.05) is 10.2 Å². The number of benzene rings is 2. The van der Waals surface area contributed by atoms with Crippen molar-refractivity contribution in [1.82, 2.24) is 10.2 Å². The molecule has 0 unspecified atom stereocenters. The second-order valence-electron chi connectivity index (χ2n) is 5.62. The van der Waals surface area contributed by atoms with E-state index >= 15 is 0 Å². The smallest absolute Gasteiger partial charge is 0.416 e. The highest BCUT2D eigenvalue weighted by Gasteiger charge is 2.30. The van der Waals surface area contributed by atoms with Crippen LogP contribution < -0.4 is 10.1 Å². The van der Waals surface area contributed by atoms with E-state index in [1.807, 2.05) is 12.1 Å². The lowest BCUT2D eigenvalue weighted by atomic mass is 10.2. The molecule has 11 heteroatoms. The highest BCUT2D eigenvalue weighted by molar-refractivity contribution is 9.10. The van der Waals surface area contributed by atoms with Crippen LogP contribution in [0.3, 0.4) is 0 Å². The summed E-state index contributed by atoms with van der Waals surface area (Å²) >= 11 is 4.29. The summed E-state index contributed by atoms with van der Waals surface area (Å²) in [5, 5.41) is 10.2. The lowest BCUT2D eigenvalue weighted by Crippen LogP contribution is -2.15. The molecular weight excluding hydrogens is 475 g/mol. The SMILES string of the molecule is O=C(CSc1nnc(COc2ccc(Br)cc2)o1)Nc1cccc(C(F)(F)F)c1. The Morgan fingerprint density at radius 1 is 1.17 bits per heavy atom. The zero-order chi connectivity index (χ0) is 20.9. The van der Waals surface area contributed by atoms with Crippen LogP contribution in [0, 0.1) is 0 Å². The monoisotopic (exact) mass is 487 g/mol. The van der Waals surface area contributed by atoms with Crippen molar-refractivity contribution in [2.75, 3.05) is 11.1 Å². The lowest BCUT2D eigenvalue weighted by molar-refractivity contribution is -0.137. The highest BCUT2D eigenvalue weighted by Crippen LogP contribution is 2.30. The van der Waals surface area contributed by atoms with Crippen LogP contribution >= 0.6 is 27.7 Å². The Hall–Kier alpha value is -2.53. The van der Waals surface area contributed by atoms with E-state index < -0.39 is 17.6 Å². The van der Waals surface area contributed by atoms with Crippen LogP contribution in [0.25, 0.3) is 0 Å². The van der Waals surface area contributed by atoms with Crippen molar-refractivity contribution in [2.45, 2.75) is 18.0 Å². The molecule has 3 rings (SSSR count). The van der Waals surface area contributed by atoms with Crippen molar-refractivity contribution in [2.24, 2.45) is 0 Å². The number of nitrogens with zero attached hydrogens (tertiary/aromatic N) is 2. The van der Waals surface area contributed by atoms with Gasteiger partial charge in [0.2, 0.25) is 5.91 Å². The summed E-state index contributed by atoms with van der Waals surface area (Å²) in [6.07, 6.45) is -4.48. The Morgan fingerprint density at radius 2 is 1.93 bits per heavy atom. The van der Waals surface area contributed by atoms with Gasteiger partial charge in [-0.3, -0.25) is 4.79 Å². The fraction of sp³-hybridized carbons (Fsp3) is 0.167. The number of anilines is 1. The summed E-state index contributed by atoms with van der Waals surface area (Å²) < 4.78 is 49.9. The molecule has 0 fully saturated rings. The minimum atomic E-state index is -4.48. The number of halogens is 4. The number of hydrogen-bond donors (Lipinski definition) is 1. The van der Waals surface area contributed by atoms with Crippen LogP contribution in [0.4, 0.5) is 18.9 Å². The van der Waals surface area contributed by atoms with Gasteiger partial charge in [0.15, 0.2) is 6.61 Å². The fourth-order valence-electron chi connectivity index (χ4n) is 2.13. The summed E-state index contributed by atoms with van der Waals surface area (Å²) in [5.74, 6) is 0.251. The first-order chi connectivity index (χ1) is 13.8. The van der Waals surface area contributed by atoms with Crippen LogP contribution in [-0.2, 0) is 17.6 Å². The number of ether oxygens (including phenoxy) is 1. The molecule has 6 nitrogen and oxygen atoms in total. The molecule has 2 aromatic carbocycles. The third kappa shape index (κ3) is 6.50. The molecular formula is C18H13BrF3N3O3S. The molecule has 0 bridgehead atoms. The summed E-state index contributed by atoms with van der Waals surface area (Å²) in [4.78, 5) is 12.0. The van der Waals surface area contributed by atoms with Crippen LogP contribution in [0.15, 0.2) is 62.6 Å². The average Bonchev–Trinajstić information content (AvgIpc) is 3.13. The maximum atomic E-state index is 12.7. The maximum absolute atomic E-state index is 12.7. The Labute approximate surface area is 176 Å². The number of amides is 1. The van der Waals surface area contributed by atoms with Gasteiger partial charge in [-0.1, -0.05) is 33.8 Å². The van der Waals surface area contributed by atoms with E-state index in [4.69, 9.17) is 9.15 Å². The number of aromatic nitrogens is 2. The number of rotatable bonds is 7. The molecule has 0 aliphatic carbocycles. The standard InChI is InChI=1S/C18H13BrF3N3O3S/c19-12-4-6-14(7-5-12)27-9-16-24-25-17(28-16)29-10-15(26)23-13-3-1-2-11(8-13)18(20,21)22/h1-8H,9-10H2,(H,23,26). The van der Waals surface area contributed by atoms with Gasteiger partial charge in [0.25, 0.3) is 11.1 Å². The van der Waals surface area contributed by atoms with E-state index in [9.17, 15) is 18.0 Å². The zero-order valence-corrected chi connectivity index (χ0v) is 17.0. The number of carbonyl (C=O) groups excluding carboxylic acids is 1. The van der Waals surface area contributed by atoms with Gasteiger partial charge in [-0.2, -0.15) is 13.2 Å². The van der Waals surface area contributed by atoms with Gasteiger partial charge in [0.05, 0.1) is 11.3 Å². The normalized spacial score (nSPS) is 11.3. The van der Waals surface area contributed by atoms with Crippen LogP contribution in [0.1, 0.15) is 11.5 Å². The van der Waals surface area contributed by atoms with Gasteiger partial charge in [-0.25, -0.2) is 0 Å². The van der Waals surface area contributed by atoms with E-state index in [1.165, 1.54) is 12.1 Å². The number of alkyl halides is 3. The van der Waals surface area contributed by atoms with E-state index in [0.29, 0.717) is 5.75 Å². The predicted octanol–water partition coefficient (Wildman–Crippen LogP) is 5.16. The van der Waals surface area contributed by atoms with Gasteiger partial charge in [0.1, 0.15) is 5.75 Å². The third-order valence-corrected chi connectivity index (χ3v) is 4.77. The van der Waals surface area contributed by atoms with Crippen molar-refractivity contribution in [1.29, 1.82) is 0 Å². The van der Waals surface area contributed by atoms with E-state index in [2.05, 4.69) is 31.4 Å². The Bertz CT molecular complexity index is 980. The third-order valence-electron chi connectivity index (χ3n) is 3.42. The number of hydrogen-bond acceptors (Lipinski definition) is 6. The molecule has 1 N–H and O–H groups in total. The van der Waals surface area contributed by atoms with E-state index in [1.54, 1.807) is 12.1 Å².